The summed E-state index contributed by atoms with van der Waals surface area (Å²) in [5, 5.41) is 4.41. The summed E-state index contributed by atoms with van der Waals surface area (Å²) in [7, 11) is 1.83. The highest BCUT2D eigenvalue weighted by Gasteiger charge is 2.37. The zero-order valence-electron chi connectivity index (χ0n) is 29.2. The third-order valence-corrected chi connectivity index (χ3v) is 15.1. The molecule has 4 heterocycles. The van der Waals surface area contributed by atoms with E-state index < -0.39 is 8.32 Å². The number of benzene rings is 1. The fraction of sp³-hybridized carbons (Fsp3) is 0.514. The molecule has 6 rings (SSSR count). The molecule has 1 aromatic carbocycles. The second-order valence-electron chi connectivity index (χ2n) is 15.1. The molecule has 0 atom stereocenters. The van der Waals surface area contributed by atoms with Crippen molar-refractivity contribution in [1.82, 2.24) is 24.4 Å². The lowest BCUT2D eigenvalue weighted by atomic mass is 9.90. The summed E-state index contributed by atoms with van der Waals surface area (Å²) in [6.07, 6.45) is 10.5. The maximum absolute atomic E-state index is 13.0. The van der Waals surface area contributed by atoms with Gasteiger partial charge in [0.15, 0.2) is 8.32 Å². The molecule has 1 N–H and O–H groups in total. The smallest absolute Gasteiger partial charge is 0.270 e. The van der Waals surface area contributed by atoms with E-state index in [1.165, 1.54) is 29.7 Å². The molecule has 1 saturated carbocycles. The Morgan fingerprint density at radius 1 is 0.979 bits per heavy atom. The van der Waals surface area contributed by atoms with E-state index in [9.17, 15) is 4.79 Å². The second-order valence-corrected chi connectivity index (χ2v) is 19.9. The van der Waals surface area contributed by atoms with E-state index in [0.717, 1.165) is 49.8 Å². The number of nitrogens with zero attached hydrogens (tertiary/aromatic N) is 6. The van der Waals surface area contributed by atoms with Crippen LogP contribution in [0.3, 0.4) is 0 Å². The fourth-order valence-electron chi connectivity index (χ4n) is 6.58. The molecule has 1 aliphatic heterocycles. The summed E-state index contributed by atoms with van der Waals surface area (Å²) in [6.45, 7) is 14.2. The van der Waals surface area contributed by atoms with E-state index in [4.69, 9.17) is 14.4 Å². The first-order valence-electron chi connectivity index (χ1n) is 17.2. The van der Waals surface area contributed by atoms with Crippen LogP contribution in [-0.4, -0.2) is 65.8 Å². The van der Waals surface area contributed by atoms with E-state index in [-0.39, 0.29) is 17.0 Å². The number of fused-ring (bicyclic) bond motifs is 1. The first-order chi connectivity index (χ1) is 22.4. The van der Waals surface area contributed by atoms with Gasteiger partial charge >= 0.3 is 0 Å². The van der Waals surface area contributed by atoms with Crippen molar-refractivity contribution >= 4 is 42.7 Å². The number of nitrogens with one attached hydrogen (secondary N) is 1. The van der Waals surface area contributed by atoms with Crippen molar-refractivity contribution in [2.24, 2.45) is 0 Å². The van der Waals surface area contributed by atoms with Crippen molar-refractivity contribution in [3.8, 4) is 0 Å². The van der Waals surface area contributed by atoms with E-state index in [1.807, 2.05) is 18.3 Å². The summed E-state index contributed by atoms with van der Waals surface area (Å²) >= 11 is 0. The molecule has 47 heavy (non-hydrogen) atoms. The van der Waals surface area contributed by atoms with Gasteiger partial charge < -0.3 is 24.1 Å². The van der Waals surface area contributed by atoms with Crippen LogP contribution in [0.15, 0.2) is 54.9 Å². The Labute approximate surface area is 280 Å². The molecule has 2 fully saturated rings. The van der Waals surface area contributed by atoms with Gasteiger partial charge in [-0.15, -0.1) is 0 Å². The second kappa shape index (κ2) is 13.4. The zero-order chi connectivity index (χ0) is 33.3. The predicted octanol–water partition coefficient (Wildman–Crippen LogP) is 8.29. The predicted molar refractivity (Wildman–Crippen MR) is 193 cm³/mol. The number of pyridine rings is 1. The number of amides is 1. The van der Waals surface area contributed by atoms with Crippen molar-refractivity contribution in [2.45, 2.75) is 96.0 Å². The molecule has 0 radical (unpaired) electrons. The molecule has 3 aromatic heterocycles. The Kier molecular flexibility index (Phi) is 9.44. The molecule has 250 valence electrons. The highest BCUT2D eigenvalue weighted by Crippen LogP contribution is 2.38. The standard InChI is InChI=1S/C37H51N7O2Si/c1-37(2,3)47(6,7)46-25-26-12-15-30(16-13-26)43-20-18-27(19-21-43)28-14-17-33(38-23-28)40-36-39-24-29-22-32(35(45)42(4)5)44(34(29)41-36)31-10-8-9-11-31/h12-17,22-24,27,31H,8-11,18-21,25H2,1-7H3,(H,38,39,40,41). The van der Waals surface area contributed by atoms with Gasteiger partial charge in [-0.1, -0.05) is 51.8 Å². The fourth-order valence-corrected chi connectivity index (χ4v) is 7.54. The summed E-state index contributed by atoms with van der Waals surface area (Å²) in [5.41, 5.74) is 5.28. The topological polar surface area (TPSA) is 88.4 Å². The molecule has 2 aliphatic rings. The number of rotatable bonds is 9. The van der Waals surface area contributed by atoms with Crippen LogP contribution in [-0.2, 0) is 11.0 Å². The minimum Gasteiger partial charge on any atom is -0.413 e. The number of anilines is 3. The Bertz CT molecular complexity index is 1680. The average molecular weight is 654 g/mol. The van der Waals surface area contributed by atoms with Crippen LogP contribution >= 0.6 is 0 Å². The van der Waals surface area contributed by atoms with E-state index in [2.05, 4.69) is 84.0 Å². The van der Waals surface area contributed by atoms with E-state index >= 15 is 0 Å². The number of hydrogen-bond acceptors (Lipinski definition) is 7. The number of aromatic nitrogens is 4. The maximum Gasteiger partial charge on any atom is 0.270 e. The van der Waals surface area contributed by atoms with Gasteiger partial charge in [-0.25, -0.2) is 9.97 Å². The lowest BCUT2D eigenvalue weighted by molar-refractivity contribution is 0.0815. The first kappa shape index (κ1) is 33.1. The SMILES string of the molecule is CN(C)C(=O)c1cc2cnc(Nc3ccc(C4CCN(c5ccc(CO[Si](C)(C)C(C)(C)C)cc5)CC4)cn3)nc2n1C1CCCC1. The number of carbonyl (C=O) groups is 1. The minimum absolute atomic E-state index is 0.00647. The van der Waals surface area contributed by atoms with Gasteiger partial charge in [0.1, 0.15) is 17.2 Å². The summed E-state index contributed by atoms with van der Waals surface area (Å²) < 4.78 is 8.56. The van der Waals surface area contributed by atoms with Gasteiger partial charge in [0, 0.05) is 56.7 Å². The number of piperidine rings is 1. The third kappa shape index (κ3) is 7.23. The van der Waals surface area contributed by atoms with Gasteiger partial charge in [-0.2, -0.15) is 4.98 Å². The van der Waals surface area contributed by atoms with Crippen LogP contribution in [0.2, 0.25) is 18.1 Å². The minimum atomic E-state index is -1.76. The average Bonchev–Trinajstić information content (AvgIpc) is 3.72. The van der Waals surface area contributed by atoms with Crippen LogP contribution < -0.4 is 10.2 Å². The zero-order valence-corrected chi connectivity index (χ0v) is 30.2. The van der Waals surface area contributed by atoms with Crippen molar-refractivity contribution in [3.63, 3.8) is 0 Å². The molecule has 1 aliphatic carbocycles. The third-order valence-electron chi connectivity index (χ3n) is 10.6. The summed E-state index contributed by atoms with van der Waals surface area (Å²) in [5.74, 6) is 1.68. The highest BCUT2D eigenvalue weighted by atomic mass is 28.4. The summed E-state index contributed by atoms with van der Waals surface area (Å²) in [6, 6.07) is 15.4. The quantitative estimate of drug-likeness (QED) is 0.182. The van der Waals surface area contributed by atoms with Gasteiger partial charge in [0.05, 0.1) is 6.61 Å². The molecule has 0 spiro atoms. The Balaban J connectivity index is 1.07. The lowest BCUT2D eigenvalue weighted by Crippen LogP contribution is -2.40. The summed E-state index contributed by atoms with van der Waals surface area (Å²) in [4.78, 5) is 31.3. The Morgan fingerprint density at radius 2 is 1.68 bits per heavy atom. The lowest BCUT2D eigenvalue weighted by Gasteiger charge is -2.36. The monoisotopic (exact) mass is 653 g/mol. The van der Waals surface area contributed by atoms with Gasteiger partial charge in [-0.05, 0) is 85.1 Å². The number of carbonyl (C=O) groups excluding carboxylic acids is 1. The van der Waals surface area contributed by atoms with E-state index in [1.54, 1.807) is 25.2 Å². The van der Waals surface area contributed by atoms with Gasteiger partial charge in [0.2, 0.25) is 5.95 Å². The molecule has 9 nitrogen and oxygen atoms in total. The van der Waals surface area contributed by atoms with Crippen LogP contribution in [0.5, 0.6) is 0 Å². The maximum atomic E-state index is 13.0. The van der Waals surface area contributed by atoms with Crippen molar-refractivity contribution in [2.75, 3.05) is 37.4 Å². The van der Waals surface area contributed by atoms with Crippen molar-refractivity contribution < 1.29 is 9.22 Å². The normalized spacial score (nSPS) is 16.6. The molecular weight excluding hydrogens is 603 g/mol. The Morgan fingerprint density at radius 3 is 2.30 bits per heavy atom. The van der Waals surface area contributed by atoms with Crippen LogP contribution in [0.4, 0.5) is 17.5 Å². The van der Waals surface area contributed by atoms with E-state index in [0.29, 0.717) is 30.0 Å². The van der Waals surface area contributed by atoms with Crippen molar-refractivity contribution in [1.29, 1.82) is 0 Å². The molecular formula is C37H51N7O2Si. The molecule has 1 amide bonds. The highest BCUT2D eigenvalue weighted by molar-refractivity contribution is 6.74. The molecule has 1 saturated heterocycles. The molecule has 10 heteroatoms. The van der Waals surface area contributed by atoms with Crippen molar-refractivity contribution in [3.05, 3.63) is 71.7 Å². The van der Waals surface area contributed by atoms with Crippen LogP contribution in [0, 0.1) is 0 Å². The Hall–Kier alpha value is -3.76. The number of hydrogen-bond donors (Lipinski definition) is 1. The van der Waals surface area contributed by atoms with Crippen LogP contribution in [0.25, 0.3) is 11.0 Å². The van der Waals surface area contributed by atoms with Gasteiger partial charge in [0.25, 0.3) is 5.91 Å². The van der Waals surface area contributed by atoms with Gasteiger partial charge in [-0.3, -0.25) is 4.79 Å². The molecule has 4 aromatic rings. The molecule has 0 bridgehead atoms. The molecule has 0 unspecified atom stereocenters. The first-order valence-corrected chi connectivity index (χ1v) is 20.1. The van der Waals surface area contributed by atoms with Crippen LogP contribution in [0.1, 0.15) is 92.9 Å². The largest absolute Gasteiger partial charge is 0.413 e.